The van der Waals surface area contributed by atoms with Gasteiger partial charge in [-0.3, -0.25) is 4.68 Å². The van der Waals surface area contributed by atoms with E-state index in [-0.39, 0.29) is 0 Å². The van der Waals surface area contributed by atoms with Crippen molar-refractivity contribution in [2.75, 3.05) is 7.11 Å². The van der Waals surface area contributed by atoms with Crippen molar-refractivity contribution >= 4 is 6.08 Å². The first-order chi connectivity index (χ1) is 8.69. The largest absolute Gasteiger partial charge is 0.497 e. The molecule has 94 valence electrons. The van der Waals surface area contributed by atoms with Crippen molar-refractivity contribution in [3.05, 3.63) is 53.4 Å². The van der Waals surface area contributed by atoms with E-state index in [4.69, 9.17) is 4.74 Å². The molecule has 0 aliphatic rings. The van der Waals surface area contributed by atoms with E-state index in [0.717, 1.165) is 23.6 Å². The van der Waals surface area contributed by atoms with Crippen LogP contribution < -0.4 is 4.74 Å². The number of allylic oxidation sites excluding steroid dienone is 1. The summed E-state index contributed by atoms with van der Waals surface area (Å²) < 4.78 is 7.18. The molecule has 2 aromatic rings. The average Bonchev–Trinajstić information content (AvgIpc) is 2.68. The minimum Gasteiger partial charge on any atom is -0.497 e. The molecule has 1 aromatic heterocycles. The van der Waals surface area contributed by atoms with Crippen LogP contribution in [-0.2, 0) is 6.54 Å². The summed E-state index contributed by atoms with van der Waals surface area (Å²) in [7, 11) is 1.68. The predicted octanol–water partition coefficient (Wildman–Crippen LogP) is 3.22. The van der Waals surface area contributed by atoms with Gasteiger partial charge in [0.25, 0.3) is 0 Å². The summed E-state index contributed by atoms with van der Waals surface area (Å²) in [5.74, 6) is 0.878. The maximum absolute atomic E-state index is 5.19. The van der Waals surface area contributed by atoms with Crippen LogP contribution in [0.5, 0.6) is 5.75 Å². The number of nitrogens with zero attached hydrogens (tertiary/aromatic N) is 2. The lowest BCUT2D eigenvalue weighted by Crippen LogP contribution is -1.99. The molecule has 1 aromatic carbocycles. The number of aromatic nitrogens is 2. The molecule has 0 saturated heterocycles. The molecule has 0 saturated carbocycles. The van der Waals surface area contributed by atoms with Gasteiger partial charge in [0, 0.05) is 5.69 Å². The van der Waals surface area contributed by atoms with Gasteiger partial charge in [-0.15, -0.1) is 0 Å². The first-order valence-electron chi connectivity index (χ1n) is 6.00. The van der Waals surface area contributed by atoms with Gasteiger partial charge in [-0.2, -0.15) is 5.10 Å². The summed E-state index contributed by atoms with van der Waals surface area (Å²) >= 11 is 0. The average molecular weight is 242 g/mol. The number of methoxy groups -OCH3 is 1. The van der Waals surface area contributed by atoms with Gasteiger partial charge in [0.1, 0.15) is 5.75 Å². The van der Waals surface area contributed by atoms with Gasteiger partial charge >= 0.3 is 0 Å². The van der Waals surface area contributed by atoms with Crippen LogP contribution in [0.15, 0.2) is 36.4 Å². The molecule has 0 bridgehead atoms. The normalized spacial score (nSPS) is 11.1. The van der Waals surface area contributed by atoms with Crippen LogP contribution in [0.3, 0.4) is 0 Å². The molecule has 3 nitrogen and oxygen atoms in total. The fraction of sp³-hybridized carbons (Fsp3) is 0.267. The topological polar surface area (TPSA) is 27.1 Å². The third-order valence-corrected chi connectivity index (χ3v) is 2.79. The molecular formula is C15H18N2O. The third kappa shape index (κ3) is 3.00. The fourth-order valence-electron chi connectivity index (χ4n) is 1.89. The molecule has 1 heterocycles. The molecule has 2 rings (SSSR count). The highest BCUT2D eigenvalue weighted by atomic mass is 16.5. The van der Waals surface area contributed by atoms with E-state index in [1.807, 2.05) is 29.8 Å². The first-order valence-corrected chi connectivity index (χ1v) is 6.00. The Bertz CT molecular complexity index is 555. The van der Waals surface area contributed by atoms with Crippen molar-refractivity contribution in [1.29, 1.82) is 0 Å². The second-order valence-corrected chi connectivity index (χ2v) is 4.29. The van der Waals surface area contributed by atoms with Gasteiger partial charge in [-0.25, -0.2) is 0 Å². The lowest BCUT2D eigenvalue weighted by Gasteiger charge is -2.01. The SMILES string of the molecule is COc1cccc(/C=C/Cn2nc(C)cc2C)c1. The molecule has 18 heavy (non-hydrogen) atoms. The molecule has 0 spiro atoms. The zero-order chi connectivity index (χ0) is 13.0. The molecule has 0 unspecified atom stereocenters. The standard InChI is InChI=1S/C15H18N2O/c1-12-10-13(2)17(16-12)9-5-7-14-6-4-8-15(11-14)18-3/h4-8,10-11H,9H2,1-3H3/b7-5+. The Morgan fingerprint density at radius 3 is 2.78 bits per heavy atom. The Morgan fingerprint density at radius 1 is 1.28 bits per heavy atom. The quantitative estimate of drug-likeness (QED) is 0.823. The number of aryl methyl sites for hydroxylation is 2. The second kappa shape index (κ2) is 5.54. The summed E-state index contributed by atoms with van der Waals surface area (Å²) in [6.45, 7) is 4.87. The van der Waals surface area contributed by atoms with Crippen molar-refractivity contribution in [3.8, 4) is 5.75 Å². The summed E-state index contributed by atoms with van der Waals surface area (Å²) in [5.41, 5.74) is 3.38. The molecule has 0 amide bonds. The zero-order valence-corrected chi connectivity index (χ0v) is 11.1. The lowest BCUT2D eigenvalue weighted by atomic mass is 10.2. The molecule has 0 radical (unpaired) electrons. The maximum atomic E-state index is 5.19. The van der Waals surface area contributed by atoms with Gasteiger partial charge in [0.15, 0.2) is 0 Å². The van der Waals surface area contributed by atoms with Gasteiger partial charge in [0.05, 0.1) is 19.3 Å². The van der Waals surface area contributed by atoms with E-state index in [1.165, 1.54) is 5.69 Å². The molecule has 0 atom stereocenters. The van der Waals surface area contributed by atoms with E-state index < -0.39 is 0 Å². The Kier molecular flexibility index (Phi) is 3.82. The second-order valence-electron chi connectivity index (χ2n) is 4.29. The molecule has 3 heteroatoms. The summed E-state index contributed by atoms with van der Waals surface area (Å²) in [6, 6.07) is 10.1. The monoisotopic (exact) mass is 242 g/mol. The van der Waals surface area contributed by atoms with Crippen LogP contribution in [0.2, 0.25) is 0 Å². The van der Waals surface area contributed by atoms with Crippen molar-refractivity contribution in [2.45, 2.75) is 20.4 Å². The van der Waals surface area contributed by atoms with Gasteiger partial charge in [0.2, 0.25) is 0 Å². The first kappa shape index (κ1) is 12.4. The van der Waals surface area contributed by atoms with Crippen molar-refractivity contribution < 1.29 is 4.74 Å². The number of ether oxygens (including phenoxy) is 1. The molecule has 0 aliphatic carbocycles. The van der Waals surface area contributed by atoms with E-state index in [0.29, 0.717) is 0 Å². The van der Waals surface area contributed by atoms with Crippen molar-refractivity contribution in [3.63, 3.8) is 0 Å². The van der Waals surface area contributed by atoms with Crippen LogP contribution in [0.1, 0.15) is 17.0 Å². The van der Waals surface area contributed by atoms with E-state index in [9.17, 15) is 0 Å². The number of hydrogen-bond donors (Lipinski definition) is 0. The van der Waals surface area contributed by atoms with Gasteiger partial charge < -0.3 is 4.74 Å². The molecule has 0 fully saturated rings. The van der Waals surface area contributed by atoms with Crippen LogP contribution in [0, 0.1) is 13.8 Å². The summed E-state index contributed by atoms with van der Waals surface area (Å²) in [6.07, 6.45) is 4.19. The Hall–Kier alpha value is -2.03. The minimum atomic E-state index is 0.789. The van der Waals surface area contributed by atoms with Crippen molar-refractivity contribution in [1.82, 2.24) is 9.78 Å². The molecule has 0 aliphatic heterocycles. The Morgan fingerprint density at radius 2 is 2.11 bits per heavy atom. The third-order valence-electron chi connectivity index (χ3n) is 2.79. The number of benzene rings is 1. The predicted molar refractivity (Wildman–Crippen MR) is 73.7 cm³/mol. The Labute approximate surface area is 108 Å². The van der Waals surface area contributed by atoms with E-state index >= 15 is 0 Å². The smallest absolute Gasteiger partial charge is 0.119 e. The zero-order valence-electron chi connectivity index (χ0n) is 11.1. The number of rotatable bonds is 4. The Balaban J connectivity index is 2.05. The number of hydrogen-bond acceptors (Lipinski definition) is 2. The molecular weight excluding hydrogens is 224 g/mol. The van der Waals surface area contributed by atoms with Crippen LogP contribution in [-0.4, -0.2) is 16.9 Å². The van der Waals surface area contributed by atoms with Crippen LogP contribution >= 0.6 is 0 Å². The van der Waals surface area contributed by atoms with Gasteiger partial charge in [-0.1, -0.05) is 24.3 Å². The van der Waals surface area contributed by atoms with Crippen LogP contribution in [0.25, 0.3) is 6.08 Å². The highest BCUT2D eigenvalue weighted by molar-refractivity contribution is 5.51. The summed E-state index contributed by atoms with van der Waals surface area (Å²) in [5, 5.41) is 4.42. The highest BCUT2D eigenvalue weighted by Gasteiger charge is 1.97. The van der Waals surface area contributed by atoms with Crippen molar-refractivity contribution in [2.24, 2.45) is 0 Å². The van der Waals surface area contributed by atoms with Crippen LogP contribution in [0.4, 0.5) is 0 Å². The minimum absolute atomic E-state index is 0.789. The highest BCUT2D eigenvalue weighted by Crippen LogP contribution is 2.13. The summed E-state index contributed by atoms with van der Waals surface area (Å²) in [4.78, 5) is 0. The van der Waals surface area contributed by atoms with E-state index in [2.05, 4.69) is 36.3 Å². The lowest BCUT2D eigenvalue weighted by molar-refractivity contribution is 0.414. The maximum Gasteiger partial charge on any atom is 0.119 e. The molecule has 0 N–H and O–H groups in total. The fourth-order valence-corrected chi connectivity index (χ4v) is 1.89. The van der Waals surface area contributed by atoms with E-state index in [1.54, 1.807) is 7.11 Å². The van der Waals surface area contributed by atoms with Gasteiger partial charge in [-0.05, 0) is 37.6 Å².